The topological polar surface area (TPSA) is 101 Å². The van der Waals surface area contributed by atoms with Crippen molar-refractivity contribution in [3.8, 4) is 0 Å². The molecule has 0 radical (unpaired) electrons. The van der Waals surface area contributed by atoms with Crippen LogP contribution in [-0.2, 0) is 24.2 Å². The molecule has 7 nitrogen and oxygen atoms in total. The molecule has 134 valence electrons. The molecule has 1 aliphatic carbocycles. The number of anilines is 1. The first-order chi connectivity index (χ1) is 11.8. The van der Waals surface area contributed by atoms with Crippen LogP contribution in [0.3, 0.4) is 0 Å². The van der Waals surface area contributed by atoms with Crippen LogP contribution in [0.5, 0.6) is 0 Å². The van der Waals surface area contributed by atoms with Crippen LogP contribution in [0.2, 0.25) is 0 Å². The second-order valence-electron chi connectivity index (χ2n) is 6.60. The van der Waals surface area contributed by atoms with E-state index in [9.17, 15) is 22.8 Å². The SMILES string of the molecule is CS(=O)(=O)c1ccc(NC(=O)CN2C(=O)[C@H]3CCCC[C@@H]3C2=O)cc1. The third-order valence-corrected chi connectivity index (χ3v) is 5.93. The van der Waals surface area contributed by atoms with Crippen molar-refractivity contribution < 1.29 is 22.8 Å². The van der Waals surface area contributed by atoms with Gasteiger partial charge in [-0.3, -0.25) is 19.3 Å². The predicted octanol–water partition coefficient (Wildman–Crippen LogP) is 1.20. The van der Waals surface area contributed by atoms with Gasteiger partial charge in [-0.25, -0.2) is 8.42 Å². The molecule has 25 heavy (non-hydrogen) atoms. The lowest BCUT2D eigenvalue weighted by Gasteiger charge is -2.19. The Labute approximate surface area is 146 Å². The number of hydrogen-bond acceptors (Lipinski definition) is 5. The number of carbonyl (C=O) groups excluding carboxylic acids is 3. The Hall–Kier alpha value is -2.22. The van der Waals surface area contributed by atoms with Crippen LogP contribution in [0, 0.1) is 11.8 Å². The zero-order chi connectivity index (χ0) is 18.2. The fourth-order valence-corrected chi connectivity index (χ4v) is 4.15. The molecule has 2 atom stereocenters. The van der Waals surface area contributed by atoms with Gasteiger partial charge in [-0.05, 0) is 37.1 Å². The van der Waals surface area contributed by atoms with Gasteiger partial charge in [0, 0.05) is 11.9 Å². The zero-order valence-corrected chi connectivity index (χ0v) is 14.7. The molecule has 1 saturated carbocycles. The first-order valence-corrected chi connectivity index (χ1v) is 10.1. The third kappa shape index (κ3) is 3.58. The second-order valence-corrected chi connectivity index (χ2v) is 8.62. The van der Waals surface area contributed by atoms with E-state index in [-0.39, 0.29) is 35.1 Å². The summed E-state index contributed by atoms with van der Waals surface area (Å²) in [5.74, 6) is -1.53. The highest BCUT2D eigenvalue weighted by molar-refractivity contribution is 7.90. The molecule has 1 saturated heterocycles. The lowest BCUT2D eigenvalue weighted by Crippen LogP contribution is -2.38. The van der Waals surface area contributed by atoms with Crippen molar-refractivity contribution in [1.82, 2.24) is 4.90 Å². The molecule has 0 aromatic heterocycles. The number of nitrogens with one attached hydrogen (secondary N) is 1. The summed E-state index contributed by atoms with van der Waals surface area (Å²) in [4.78, 5) is 38.1. The molecule has 0 bridgehead atoms. The van der Waals surface area contributed by atoms with Crippen molar-refractivity contribution in [3.63, 3.8) is 0 Å². The maximum absolute atomic E-state index is 12.4. The van der Waals surface area contributed by atoms with Crippen LogP contribution in [0.15, 0.2) is 29.2 Å². The Bertz CT molecular complexity index is 792. The number of sulfone groups is 1. The van der Waals surface area contributed by atoms with E-state index < -0.39 is 15.7 Å². The lowest BCUT2D eigenvalue weighted by atomic mass is 9.81. The summed E-state index contributed by atoms with van der Waals surface area (Å²) in [5, 5.41) is 2.59. The summed E-state index contributed by atoms with van der Waals surface area (Å²) >= 11 is 0. The normalized spacial score (nSPS) is 23.5. The van der Waals surface area contributed by atoms with Gasteiger partial charge in [-0.15, -0.1) is 0 Å². The largest absolute Gasteiger partial charge is 0.325 e. The van der Waals surface area contributed by atoms with Gasteiger partial charge >= 0.3 is 0 Å². The van der Waals surface area contributed by atoms with Crippen LogP contribution in [0.1, 0.15) is 25.7 Å². The Morgan fingerprint density at radius 2 is 1.60 bits per heavy atom. The number of benzene rings is 1. The molecule has 8 heteroatoms. The van der Waals surface area contributed by atoms with Crippen molar-refractivity contribution in [3.05, 3.63) is 24.3 Å². The summed E-state index contributed by atoms with van der Waals surface area (Å²) in [5.41, 5.74) is 0.411. The molecule has 1 aliphatic heterocycles. The molecule has 1 aromatic carbocycles. The van der Waals surface area contributed by atoms with E-state index >= 15 is 0 Å². The van der Waals surface area contributed by atoms with E-state index in [1.165, 1.54) is 24.3 Å². The monoisotopic (exact) mass is 364 g/mol. The minimum absolute atomic E-state index is 0.152. The molecule has 1 N–H and O–H groups in total. The van der Waals surface area contributed by atoms with E-state index in [0.29, 0.717) is 18.5 Å². The average molecular weight is 364 g/mol. The fourth-order valence-electron chi connectivity index (χ4n) is 3.52. The van der Waals surface area contributed by atoms with Crippen molar-refractivity contribution in [1.29, 1.82) is 0 Å². The van der Waals surface area contributed by atoms with Crippen molar-refractivity contribution >= 4 is 33.2 Å². The maximum Gasteiger partial charge on any atom is 0.244 e. The van der Waals surface area contributed by atoms with Crippen LogP contribution in [0.4, 0.5) is 5.69 Å². The number of nitrogens with zero attached hydrogens (tertiary/aromatic N) is 1. The Morgan fingerprint density at radius 1 is 1.08 bits per heavy atom. The van der Waals surface area contributed by atoms with Crippen LogP contribution < -0.4 is 5.32 Å². The van der Waals surface area contributed by atoms with Gasteiger partial charge in [0.05, 0.1) is 16.7 Å². The first-order valence-electron chi connectivity index (χ1n) is 8.22. The van der Waals surface area contributed by atoms with Gasteiger partial charge in [-0.1, -0.05) is 12.8 Å². The predicted molar refractivity (Wildman–Crippen MR) is 90.3 cm³/mol. The van der Waals surface area contributed by atoms with Gasteiger partial charge in [0.1, 0.15) is 6.54 Å². The smallest absolute Gasteiger partial charge is 0.244 e. The molecule has 3 rings (SSSR count). The third-order valence-electron chi connectivity index (χ3n) is 4.80. The van der Waals surface area contributed by atoms with Gasteiger partial charge in [0.15, 0.2) is 9.84 Å². The number of fused-ring (bicyclic) bond motifs is 1. The van der Waals surface area contributed by atoms with Gasteiger partial charge in [-0.2, -0.15) is 0 Å². The second kappa shape index (κ2) is 6.59. The summed E-state index contributed by atoms with van der Waals surface area (Å²) in [6.45, 7) is -0.307. The summed E-state index contributed by atoms with van der Waals surface area (Å²) in [6, 6.07) is 5.74. The summed E-state index contributed by atoms with van der Waals surface area (Å²) < 4.78 is 22.8. The van der Waals surface area contributed by atoms with Crippen molar-refractivity contribution in [2.45, 2.75) is 30.6 Å². The van der Waals surface area contributed by atoms with Gasteiger partial charge in [0.25, 0.3) is 0 Å². The lowest BCUT2D eigenvalue weighted by molar-refractivity contribution is -0.142. The molecular weight excluding hydrogens is 344 g/mol. The number of rotatable bonds is 4. The standard InChI is InChI=1S/C17H20N2O5S/c1-25(23,24)12-8-6-11(7-9-12)18-15(20)10-19-16(21)13-4-2-3-5-14(13)17(19)22/h6-9,13-14H,2-5,10H2,1H3,(H,18,20)/t13-,14-/m0/s1. The van der Waals surface area contributed by atoms with Crippen LogP contribution in [0.25, 0.3) is 0 Å². The number of likely N-dealkylation sites (tertiary alicyclic amines) is 1. The average Bonchev–Trinajstić information content (AvgIpc) is 2.80. The van der Waals surface area contributed by atoms with Gasteiger partial charge < -0.3 is 5.32 Å². The Balaban J connectivity index is 1.64. The van der Waals surface area contributed by atoms with Crippen molar-refractivity contribution in [2.75, 3.05) is 18.1 Å². The minimum Gasteiger partial charge on any atom is -0.325 e. The number of carbonyl (C=O) groups is 3. The molecule has 0 unspecified atom stereocenters. The van der Waals surface area contributed by atoms with E-state index in [1.807, 2.05) is 0 Å². The van der Waals surface area contributed by atoms with E-state index in [1.54, 1.807) is 0 Å². The van der Waals surface area contributed by atoms with Crippen molar-refractivity contribution in [2.24, 2.45) is 11.8 Å². The van der Waals surface area contributed by atoms with Crippen LogP contribution >= 0.6 is 0 Å². The summed E-state index contributed by atoms with van der Waals surface area (Å²) in [7, 11) is -3.30. The number of amides is 3. The highest BCUT2D eigenvalue weighted by Gasteiger charge is 2.48. The molecule has 1 aromatic rings. The minimum atomic E-state index is -3.30. The quantitative estimate of drug-likeness (QED) is 0.809. The Morgan fingerprint density at radius 3 is 2.08 bits per heavy atom. The molecular formula is C17H20N2O5S. The summed E-state index contributed by atoms with van der Waals surface area (Å²) in [6.07, 6.45) is 4.39. The highest BCUT2D eigenvalue weighted by atomic mass is 32.2. The van der Waals surface area contributed by atoms with E-state index in [4.69, 9.17) is 0 Å². The molecule has 0 spiro atoms. The maximum atomic E-state index is 12.4. The van der Waals surface area contributed by atoms with E-state index in [2.05, 4.69) is 5.32 Å². The first kappa shape index (κ1) is 17.6. The van der Waals surface area contributed by atoms with E-state index in [0.717, 1.165) is 24.0 Å². The van der Waals surface area contributed by atoms with Gasteiger partial charge in [0.2, 0.25) is 17.7 Å². The highest BCUT2D eigenvalue weighted by Crippen LogP contribution is 2.37. The molecule has 3 amide bonds. The Kier molecular flexibility index (Phi) is 4.64. The molecule has 1 heterocycles. The fraction of sp³-hybridized carbons (Fsp3) is 0.471. The van der Waals surface area contributed by atoms with Crippen LogP contribution in [-0.4, -0.2) is 43.8 Å². The number of imide groups is 1. The molecule has 2 fully saturated rings. The zero-order valence-electron chi connectivity index (χ0n) is 13.9. The molecule has 2 aliphatic rings. The number of hydrogen-bond donors (Lipinski definition) is 1.